The molecule has 7 nitrogen and oxygen atoms in total. The van der Waals surface area contributed by atoms with Crippen LogP contribution in [-0.4, -0.2) is 30.9 Å². The van der Waals surface area contributed by atoms with E-state index in [2.05, 4.69) is 25.6 Å². The molecule has 1 aromatic carbocycles. The number of anilines is 1. The summed E-state index contributed by atoms with van der Waals surface area (Å²) in [7, 11) is 1.78. The summed E-state index contributed by atoms with van der Waals surface area (Å²) >= 11 is 0. The van der Waals surface area contributed by atoms with Crippen molar-refractivity contribution in [3.05, 3.63) is 66.4 Å². The Labute approximate surface area is 147 Å². The number of aryl methyl sites for hydroxylation is 1. The van der Waals surface area contributed by atoms with Crippen molar-refractivity contribution < 1.29 is 9.18 Å². The first-order chi connectivity index (χ1) is 12.6. The standard InChI is InChI=1S/C18H13FN6O/c1-25-10-16(23-24-25)15-6-11-7-17(21-9-12(11)8-20-15)22-18(26)13-4-2-3-5-14(13)19/h2-10H,1H3,(H,21,22,26). The molecular formula is C18H13FN6O. The van der Waals surface area contributed by atoms with Gasteiger partial charge in [-0.15, -0.1) is 5.10 Å². The highest BCUT2D eigenvalue weighted by Crippen LogP contribution is 2.22. The van der Waals surface area contributed by atoms with E-state index in [1.54, 1.807) is 42.5 Å². The average molecular weight is 348 g/mol. The number of halogens is 1. The molecule has 4 rings (SSSR count). The number of pyridine rings is 2. The average Bonchev–Trinajstić information content (AvgIpc) is 3.08. The van der Waals surface area contributed by atoms with Crippen molar-refractivity contribution in [1.29, 1.82) is 0 Å². The number of hydrogen-bond acceptors (Lipinski definition) is 5. The van der Waals surface area contributed by atoms with Crippen LogP contribution in [0.4, 0.5) is 10.2 Å². The van der Waals surface area contributed by atoms with Crippen LogP contribution >= 0.6 is 0 Å². The predicted octanol–water partition coefficient (Wildman–Crippen LogP) is 2.82. The number of carbonyl (C=O) groups excluding carboxylic acids is 1. The van der Waals surface area contributed by atoms with Gasteiger partial charge in [-0.25, -0.2) is 9.37 Å². The lowest BCUT2D eigenvalue weighted by molar-refractivity contribution is 0.102. The molecule has 8 heteroatoms. The van der Waals surface area contributed by atoms with Crippen LogP contribution < -0.4 is 5.32 Å². The normalized spacial score (nSPS) is 10.8. The molecule has 0 radical (unpaired) electrons. The van der Waals surface area contributed by atoms with E-state index in [1.165, 1.54) is 18.2 Å². The molecule has 0 unspecified atom stereocenters. The Balaban J connectivity index is 1.66. The van der Waals surface area contributed by atoms with Gasteiger partial charge in [0.15, 0.2) is 0 Å². The van der Waals surface area contributed by atoms with Crippen molar-refractivity contribution in [1.82, 2.24) is 25.0 Å². The summed E-state index contributed by atoms with van der Waals surface area (Å²) < 4.78 is 15.3. The minimum Gasteiger partial charge on any atom is -0.306 e. The number of fused-ring (bicyclic) bond motifs is 1. The lowest BCUT2D eigenvalue weighted by Crippen LogP contribution is -2.14. The number of amides is 1. The van der Waals surface area contributed by atoms with Gasteiger partial charge in [0, 0.05) is 24.8 Å². The maximum atomic E-state index is 13.7. The number of carbonyl (C=O) groups is 1. The van der Waals surface area contributed by atoms with Gasteiger partial charge in [-0.3, -0.25) is 14.5 Å². The fourth-order valence-corrected chi connectivity index (χ4v) is 2.54. The second-order valence-electron chi connectivity index (χ2n) is 5.70. The smallest absolute Gasteiger partial charge is 0.259 e. The molecule has 0 spiro atoms. The van der Waals surface area contributed by atoms with E-state index in [-0.39, 0.29) is 5.56 Å². The number of rotatable bonds is 3. The zero-order valence-corrected chi connectivity index (χ0v) is 13.7. The van der Waals surface area contributed by atoms with E-state index < -0.39 is 11.7 Å². The van der Waals surface area contributed by atoms with Gasteiger partial charge in [0.2, 0.25) is 0 Å². The Morgan fingerprint density at radius 1 is 1.08 bits per heavy atom. The van der Waals surface area contributed by atoms with Crippen LogP contribution in [0.25, 0.3) is 22.2 Å². The third-order valence-electron chi connectivity index (χ3n) is 3.83. The maximum Gasteiger partial charge on any atom is 0.259 e. The fraction of sp³-hybridized carbons (Fsp3) is 0.0556. The number of nitrogens with zero attached hydrogens (tertiary/aromatic N) is 5. The molecule has 0 aliphatic carbocycles. The molecule has 4 aromatic rings. The molecule has 1 amide bonds. The molecular weight excluding hydrogens is 335 g/mol. The van der Waals surface area contributed by atoms with Crippen LogP contribution in [0.5, 0.6) is 0 Å². The van der Waals surface area contributed by atoms with E-state index >= 15 is 0 Å². The second kappa shape index (κ2) is 6.32. The van der Waals surface area contributed by atoms with Crippen molar-refractivity contribution in [2.45, 2.75) is 0 Å². The minimum atomic E-state index is -0.583. The predicted molar refractivity (Wildman–Crippen MR) is 93.9 cm³/mol. The molecule has 3 aromatic heterocycles. The molecule has 0 bridgehead atoms. The molecule has 0 fully saturated rings. The van der Waals surface area contributed by atoms with Gasteiger partial charge in [-0.1, -0.05) is 17.3 Å². The highest BCUT2D eigenvalue weighted by molar-refractivity contribution is 6.04. The molecule has 3 heterocycles. The van der Waals surface area contributed by atoms with Gasteiger partial charge >= 0.3 is 0 Å². The Kier molecular flexibility index (Phi) is 3.85. The highest BCUT2D eigenvalue weighted by atomic mass is 19.1. The number of nitrogens with one attached hydrogen (secondary N) is 1. The zero-order valence-electron chi connectivity index (χ0n) is 13.7. The molecule has 26 heavy (non-hydrogen) atoms. The van der Waals surface area contributed by atoms with Gasteiger partial charge in [0.05, 0.1) is 17.5 Å². The Morgan fingerprint density at radius 2 is 1.88 bits per heavy atom. The summed E-state index contributed by atoms with van der Waals surface area (Å²) in [6.45, 7) is 0. The van der Waals surface area contributed by atoms with Gasteiger partial charge in [-0.05, 0) is 29.7 Å². The summed E-state index contributed by atoms with van der Waals surface area (Å²) in [4.78, 5) is 20.8. The fourth-order valence-electron chi connectivity index (χ4n) is 2.54. The monoisotopic (exact) mass is 348 g/mol. The quantitative estimate of drug-likeness (QED) is 0.615. The van der Waals surface area contributed by atoms with Crippen LogP contribution in [0, 0.1) is 5.82 Å². The van der Waals surface area contributed by atoms with Gasteiger partial charge in [0.1, 0.15) is 17.3 Å². The highest BCUT2D eigenvalue weighted by Gasteiger charge is 2.12. The number of benzene rings is 1. The largest absolute Gasteiger partial charge is 0.306 e. The summed E-state index contributed by atoms with van der Waals surface area (Å²) in [6.07, 6.45) is 5.03. The molecule has 0 aliphatic rings. The van der Waals surface area contributed by atoms with Crippen molar-refractivity contribution >= 4 is 22.5 Å². The molecule has 1 N–H and O–H groups in total. The van der Waals surface area contributed by atoms with Gasteiger partial charge < -0.3 is 5.32 Å². The molecule has 0 atom stereocenters. The summed E-state index contributed by atoms with van der Waals surface area (Å²) in [5, 5.41) is 12.2. The first-order valence-electron chi connectivity index (χ1n) is 7.78. The lowest BCUT2D eigenvalue weighted by Gasteiger charge is -2.07. The van der Waals surface area contributed by atoms with Crippen LogP contribution in [0.1, 0.15) is 10.4 Å². The van der Waals surface area contributed by atoms with Crippen molar-refractivity contribution in [2.75, 3.05) is 5.32 Å². The molecule has 0 saturated carbocycles. The molecule has 128 valence electrons. The van der Waals surface area contributed by atoms with Crippen LogP contribution in [0.3, 0.4) is 0 Å². The van der Waals surface area contributed by atoms with E-state index in [0.29, 0.717) is 17.2 Å². The summed E-state index contributed by atoms with van der Waals surface area (Å²) in [6, 6.07) is 9.32. The molecule has 0 aliphatic heterocycles. The topological polar surface area (TPSA) is 85.6 Å². The van der Waals surface area contributed by atoms with Crippen molar-refractivity contribution in [3.63, 3.8) is 0 Å². The first-order valence-corrected chi connectivity index (χ1v) is 7.78. The zero-order chi connectivity index (χ0) is 18.1. The Bertz CT molecular complexity index is 1120. The van der Waals surface area contributed by atoms with Gasteiger partial charge in [-0.2, -0.15) is 0 Å². The minimum absolute atomic E-state index is 0.0376. The van der Waals surface area contributed by atoms with Crippen LogP contribution in [-0.2, 0) is 7.05 Å². The van der Waals surface area contributed by atoms with Crippen LogP contribution in [0.15, 0.2) is 55.0 Å². The Hall–Kier alpha value is -3.68. The maximum absolute atomic E-state index is 13.7. The number of aromatic nitrogens is 5. The van der Waals surface area contributed by atoms with Crippen molar-refractivity contribution in [3.8, 4) is 11.4 Å². The van der Waals surface area contributed by atoms with E-state index in [1.807, 2.05) is 6.07 Å². The lowest BCUT2D eigenvalue weighted by atomic mass is 10.1. The Morgan fingerprint density at radius 3 is 2.65 bits per heavy atom. The van der Waals surface area contributed by atoms with E-state index in [9.17, 15) is 9.18 Å². The number of hydrogen-bond donors (Lipinski definition) is 1. The van der Waals surface area contributed by atoms with Gasteiger partial charge in [0.25, 0.3) is 5.91 Å². The summed E-state index contributed by atoms with van der Waals surface area (Å²) in [5.74, 6) is -0.819. The second-order valence-corrected chi connectivity index (χ2v) is 5.70. The van der Waals surface area contributed by atoms with Crippen LogP contribution in [0.2, 0.25) is 0 Å². The molecule has 0 saturated heterocycles. The third-order valence-corrected chi connectivity index (χ3v) is 3.83. The first kappa shape index (κ1) is 15.8. The summed E-state index contributed by atoms with van der Waals surface area (Å²) in [5.41, 5.74) is 1.26. The SMILES string of the molecule is Cn1cc(-c2cc3cc(NC(=O)c4ccccc4F)ncc3cn2)nn1. The van der Waals surface area contributed by atoms with Crippen molar-refractivity contribution in [2.24, 2.45) is 7.05 Å². The van der Waals surface area contributed by atoms with E-state index in [0.717, 1.165) is 10.8 Å². The third kappa shape index (κ3) is 3.00. The van der Waals surface area contributed by atoms with E-state index in [4.69, 9.17) is 0 Å².